The van der Waals surface area contributed by atoms with Crippen LogP contribution in [0.4, 0.5) is 5.13 Å². The molecule has 2 aliphatic rings. The molecule has 1 amide bonds. The van der Waals surface area contributed by atoms with E-state index in [1.54, 1.807) is 17.4 Å². The number of hydrogen-bond acceptors (Lipinski definition) is 6. The molecule has 1 saturated heterocycles. The number of hydrogen-bond donors (Lipinski definition) is 1. The molecule has 1 fully saturated rings. The van der Waals surface area contributed by atoms with Crippen molar-refractivity contribution in [2.45, 2.75) is 50.2 Å². The van der Waals surface area contributed by atoms with Crippen molar-refractivity contribution >= 4 is 43.7 Å². The van der Waals surface area contributed by atoms with E-state index in [4.69, 9.17) is 0 Å². The van der Waals surface area contributed by atoms with Crippen molar-refractivity contribution in [3.63, 3.8) is 0 Å². The lowest BCUT2D eigenvalue weighted by atomic mass is 9.93. The van der Waals surface area contributed by atoms with Gasteiger partial charge in [0, 0.05) is 22.8 Å². The topological polar surface area (TPSA) is 79.4 Å². The monoisotopic (exact) mass is 439 g/mol. The summed E-state index contributed by atoms with van der Waals surface area (Å²) in [5.74, 6) is 0.195. The van der Waals surface area contributed by atoms with Crippen LogP contribution in [0.1, 0.15) is 41.6 Å². The Morgan fingerprint density at radius 3 is 2.86 bits per heavy atom. The van der Waals surface area contributed by atoms with Crippen LogP contribution in [0, 0.1) is 18.8 Å². The molecule has 0 saturated carbocycles. The van der Waals surface area contributed by atoms with Crippen LogP contribution < -0.4 is 5.32 Å². The van der Waals surface area contributed by atoms with E-state index in [9.17, 15) is 13.2 Å². The molecule has 28 heavy (non-hydrogen) atoms. The smallest absolute Gasteiger partial charge is 0.252 e. The van der Waals surface area contributed by atoms with Crippen LogP contribution in [0.2, 0.25) is 0 Å². The molecule has 9 heteroatoms. The molecule has 0 spiro atoms. The summed E-state index contributed by atoms with van der Waals surface area (Å²) in [6.07, 6.45) is 4.52. The molecule has 6 nitrogen and oxygen atoms in total. The first-order valence-corrected chi connectivity index (χ1v) is 12.8. The SMILES string of the molecule is Cc1ccc(S(=O)(=O)N2CCCC(C(=O)Nc3nc4c(s3)CC(C)CC4)C2)s1. The summed E-state index contributed by atoms with van der Waals surface area (Å²) in [6, 6.07) is 3.47. The quantitative estimate of drug-likeness (QED) is 0.788. The van der Waals surface area contributed by atoms with E-state index in [0.29, 0.717) is 34.6 Å². The number of thiophene rings is 1. The lowest BCUT2D eigenvalue weighted by molar-refractivity contribution is -0.120. The van der Waals surface area contributed by atoms with E-state index < -0.39 is 10.0 Å². The molecule has 1 N–H and O–H groups in total. The van der Waals surface area contributed by atoms with Crippen molar-refractivity contribution in [2.24, 2.45) is 11.8 Å². The molecule has 0 bridgehead atoms. The molecular formula is C19H25N3O3S3. The van der Waals surface area contributed by atoms with Gasteiger partial charge in [-0.1, -0.05) is 6.92 Å². The Kier molecular flexibility index (Phi) is 5.61. The van der Waals surface area contributed by atoms with Crippen molar-refractivity contribution in [2.75, 3.05) is 18.4 Å². The standard InChI is InChI=1S/C19H25N3O3S3/c1-12-5-7-15-16(10-12)27-19(20-15)21-18(23)14-4-3-9-22(11-14)28(24,25)17-8-6-13(2)26-17/h6,8,12,14H,3-5,7,9-11H2,1-2H3,(H,20,21,23). The van der Waals surface area contributed by atoms with Gasteiger partial charge in [-0.15, -0.1) is 22.7 Å². The summed E-state index contributed by atoms with van der Waals surface area (Å²) in [5.41, 5.74) is 1.11. The molecule has 0 radical (unpaired) electrons. The molecule has 1 aliphatic carbocycles. The van der Waals surface area contributed by atoms with Gasteiger partial charge in [0.25, 0.3) is 10.0 Å². The minimum Gasteiger partial charge on any atom is -0.302 e. The zero-order valence-electron chi connectivity index (χ0n) is 16.1. The fourth-order valence-corrected chi connectivity index (χ4v) is 7.99. The number of piperidine rings is 1. The first-order chi connectivity index (χ1) is 13.3. The van der Waals surface area contributed by atoms with Crippen LogP contribution in [0.15, 0.2) is 16.3 Å². The highest BCUT2D eigenvalue weighted by Crippen LogP contribution is 2.33. The molecule has 2 aromatic heterocycles. The average molecular weight is 440 g/mol. The van der Waals surface area contributed by atoms with E-state index in [0.717, 1.165) is 29.8 Å². The summed E-state index contributed by atoms with van der Waals surface area (Å²) in [5, 5.41) is 3.60. The Hall–Kier alpha value is -1.29. The fourth-order valence-electron chi connectivity index (χ4n) is 3.85. The normalized spacial score (nSPS) is 23.4. The summed E-state index contributed by atoms with van der Waals surface area (Å²) in [6.45, 7) is 4.83. The van der Waals surface area contributed by atoms with Gasteiger partial charge in [0.2, 0.25) is 5.91 Å². The number of carbonyl (C=O) groups excluding carboxylic acids is 1. The highest BCUT2D eigenvalue weighted by molar-refractivity contribution is 7.91. The third-order valence-electron chi connectivity index (χ3n) is 5.48. The predicted octanol–water partition coefficient (Wildman–Crippen LogP) is 3.68. The second-order valence-electron chi connectivity index (χ2n) is 7.79. The molecule has 2 atom stereocenters. The van der Waals surface area contributed by atoms with Crippen LogP contribution in [-0.2, 0) is 27.7 Å². The molecule has 2 aromatic rings. The van der Waals surface area contributed by atoms with E-state index in [-0.39, 0.29) is 18.4 Å². The number of thiazole rings is 1. The zero-order chi connectivity index (χ0) is 19.9. The van der Waals surface area contributed by atoms with Gasteiger partial charge < -0.3 is 5.32 Å². The molecule has 4 rings (SSSR count). The third kappa shape index (κ3) is 4.03. The molecule has 1 aliphatic heterocycles. The Bertz CT molecular complexity index is 980. The Morgan fingerprint density at radius 2 is 2.11 bits per heavy atom. The second kappa shape index (κ2) is 7.85. The highest BCUT2D eigenvalue weighted by Gasteiger charge is 2.34. The molecule has 0 aromatic carbocycles. The van der Waals surface area contributed by atoms with Gasteiger partial charge >= 0.3 is 0 Å². The molecule has 152 valence electrons. The van der Waals surface area contributed by atoms with Gasteiger partial charge in [-0.25, -0.2) is 13.4 Å². The second-order valence-corrected chi connectivity index (χ2v) is 12.3. The van der Waals surface area contributed by atoms with Crippen LogP contribution >= 0.6 is 22.7 Å². The van der Waals surface area contributed by atoms with Crippen LogP contribution in [0.25, 0.3) is 0 Å². The first-order valence-electron chi connectivity index (χ1n) is 9.69. The van der Waals surface area contributed by atoms with Crippen molar-refractivity contribution in [1.82, 2.24) is 9.29 Å². The van der Waals surface area contributed by atoms with Crippen molar-refractivity contribution in [3.05, 3.63) is 27.6 Å². The lowest BCUT2D eigenvalue weighted by Gasteiger charge is -2.30. The average Bonchev–Trinajstić information content (AvgIpc) is 3.27. The number of amides is 1. The van der Waals surface area contributed by atoms with Gasteiger partial charge in [0.1, 0.15) is 4.21 Å². The van der Waals surface area contributed by atoms with E-state index in [2.05, 4.69) is 17.2 Å². The highest BCUT2D eigenvalue weighted by atomic mass is 32.2. The maximum Gasteiger partial charge on any atom is 0.252 e. The van der Waals surface area contributed by atoms with E-state index in [1.807, 2.05) is 13.0 Å². The minimum atomic E-state index is -3.53. The van der Waals surface area contributed by atoms with Gasteiger partial charge in [-0.2, -0.15) is 4.31 Å². The molecule has 3 heterocycles. The van der Waals surface area contributed by atoms with E-state index in [1.165, 1.54) is 20.5 Å². The van der Waals surface area contributed by atoms with Crippen molar-refractivity contribution in [3.8, 4) is 0 Å². The zero-order valence-corrected chi connectivity index (χ0v) is 18.6. The minimum absolute atomic E-state index is 0.124. The number of aryl methyl sites for hydroxylation is 2. The first kappa shape index (κ1) is 20.0. The molecular weight excluding hydrogens is 414 g/mol. The number of sulfonamides is 1. The van der Waals surface area contributed by atoms with Crippen LogP contribution in [-0.4, -0.2) is 36.7 Å². The fraction of sp³-hybridized carbons (Fsp3) is 0.579. The number of fused-ring (bicyclic) bond motifs is 1. The number of nitrogens with zero attached hydrogens (tertiary/aromatic N) is 2. The number of aromatic nitrogens is 1. The number of nitrogens with one attached hydrogen (secondary N) is 1. The van der Waals surface area contributed by atoms with Gasteiger partial charge in [0.05, 0.1) is 11.6 Å². The van der Waals surface area contributed by atoms with Gasteiger partial charge in [-0.3, -0.25) is 4.79 Å². The van der Waals surface area contributed by atoms with E-state index >= 15 is 0 Å². The maximum atomic E-state index is 12.9. The summed E-state index contributed by atoms with van der Waals surface area (Å²) >= 11 is 2.84. The van der Waals surface area contributed by atoms with Crippen molar-refractivity contribution < 1.29 is 13.2 Å². The number of carbonyl (C=O) groups is 1. The van der Waals surface area contributed by atoms with Gasteiger partial charge in [-0.05, 0) is 57.1 Å². The summed E-state index contributed by atoms with van der Waals surface area (Å²) in [4.78, 5) is 19.6. The Balaban J connectivity index is 1.44. The molecule has 2 unspecified atom stereocenters. The maximum absolute atomic E-state index is 12.9. The van der Waals surface area contributed by atoms with Crippen molar-refractivity contribution in [1.29, 1.82) is 0 Å². The Morgan fingerprint density at radius 1 is 1.29 bits per heavy atom. The lowest BCUT2D eigenvalue weighted by Crippen LogP contribution is -2.43. The Labute approximate surface area is 174 Å². The summed E-state index contributed by atoms with van der Waals surface area (Å²) in [7, 11) is -3.53. The number of anilines is 1. The third-order valence-corrected chi connectivity index (χ3v) is 9.85. The van der Waals surface area contributed by atoms with Crippen LogP contribution in [0.3, 0.4) is 0 Å². The van der Waals surface area contributed by atoms with Gasteiger partial charge in [0.15, 0.2) is 5.13 Å². The predicted molar refractivity (Wildman–Crippen MR) is 112 cm³/mol. The largest absolute Gasteiger partial charge is 0.302 e. The number of rotatable bonds is 4. The summed E-state index contributed by atoms with van der Waals surface area (Å²) < 4.78 is 27.6. The van der Waals surface area contributed by atoms with Crippen LogP contribution in [0.5, 0.6) is 0 Å².